The Hall–Kier alpha value is -3.94. The number of rotatable bonds is 6. The van der Waals surface area contributed by atoms with Crippen LogP contribution < -0.4 is 15.0 Å². The van der Waals surface area contributed by atoms with Gasteiger partial charge in [0.15, 0.2) is 0 Å². The molecule has 1 N–H and O–H groups in total. The molecule has 0 bridgehead atoms. The maximum absolute atomic E-state index is 13.8. The van der Waals surface area contributed by atoms with Crippen LogP contribution >= 0.6 is 0 Å². The predicted molar refractivity (Wildman–Crippen MR) is 122 cm³/mol. The second-order valence-corrected chi connectivity index (χ2v) is 7.65. The summed E-state index contributed by atoms with van der Waals surface area (Å²) in [6.45, 7) is 1.66. The molecule has 1 saturated heterocycles. The molecule has 8 heteroatoms. The summed E-state index contributed by atoms with van der Waals surface area (Å²) in [4.78, 5) is 28.9. The Labute approximate surface area is 190 Å². The molecular weight excluding hydrogens is 428 g/mol. The lowest BCUT2D eigenvalue weighted by molar-refractivity contribution is 0.102. The monoisotopic (exact) mass is 451 g/mol. The number of ether oxygens (including phenoxy) is 1. The Balaban J connectivity index is 1.44. The summed E-state index contributed by atoms with van der Waals surface area (Å²) in [6, 6.07) is 17.0. The summed E-state index contributed by atoms with van der Waals surface area (Å²) in [5.41, 5.74) is 1.80. The first-order valence-electron chi connectivity index (χ1n) is 10.5. The van der Waals surface area contributed by atoms with Gasteiger partial charge in [0.2, 0.25) is 0 Å². The quantitative estimate of drug-likeness (QED) is 0.570. The fraction of sp³-hybridized carbons (Fsp3) is 0.200. The summed E-state index contributed by atoms with van der Waals surface area (Å²) in [6.07, 6.45) is 0.809. The molecule has 4 rings (SSSR count). The highest BCUT2D eigenvalue weighted by molar-refractivity contribution is 6.04. The molecule has 170 valence electrons. The fourth-order valence-corrected chi connectivity index (χ4v) is 3.80. The SMILES string of the molecule is COc1ccccc1CN1CCCN(c2ccc(NC(=O)c3ccc(F)cc3F)cc2)C1=O. The standard InChI is InChI=1S/C25H23F2N3O3/c1-33-23-6-3-2-5-17(23)16-29-13-4-14-30(25(29)32)20-10-8-19(9-11-20)28-24(31)21-12-7-18(26)15-22(21)27/h2-3,5-12,15H,4,13-14,16H2,1H3,(H,28,31). The smallest absolute Gasteiger partial charge is 0.324 e. The van der Waals surface area contributed by atoms with E-state index < -0.39 is 17.5 Å². The normalized spacial score (nSPS) is 13.7. The third-order valence-electron chi connectivity index (χ3n) is 5.48. The van der Waals surface area contributed by atoms with E-state index >= 15 is 0 Å². The van der Waals surface area contributed by atoms with Crippen molar-refractivity contribution in [3.05, 3.63) is 89.5 Å². The van der Waals surface area contributed by atoms with E-state index in [1.165, 1.54) is 0 Å². The molecule has 0 saturated carbocycles. The van der Waals surface area contributed by atoms with Crippen molar-refractivity contribution in [3.8, 4) is 5.75 Å². The van der Waals surface area contributed by atoms with E-state index in [1.54, 1.807) is 41.2 Å². The van der Waals surface area contributed by atoms with Crippen LogP contribution in [-0.2, 0) is 6.54 Å². The number of para-hydroxylation sites is 1. The average Bonchev–Trinajstić information content (AvgIpc) is 2.81. The second kappa shape index (κ2) is 9.68. The Morgan fingerprint density at radius 2 is 1.79 bits per heavy atom. The van der Waals surface area contributed by atoms with E-state index in [0.717, 1.165) is 29.9 Å². The maximum Gasteiger partial charge on any atom is 0.324 e. The molecule has 3 aromatic rings. The Kier molecular flexibility index (Phi) is 6.53. The Morgan fingerprint density at radius 1 is 1.03 bits per heavy atom. The number of urea groups is 1. The molecule has 1 fully saturated rings. The van der Waals surface area contributed by atoms with Gasteiger partial charge in [0.25, 0.3) is 5.91 Å². The number of nitrogens with one attached hydrogen (secondary N) is 1. The molecule has 0 unspecified atom stereocenters. The van der Waals surface area contributed by atoms with Crippen molar-refractivity contribution in [2.75, 3.05) is 30.4 Å². The maximum atomic E-state index is 13.8. The average molecular weight is 451 g/mol. The van der Waals surface area contributed by atoms with Crippen LogP contribution in [0.25, 0.3) is 0 Å². The largest absolute Gasteiger partial charge is 0.496 e. The summed E-state index contributed by atoms with van der Waals surface area (Å²) in [7, 11) is 1.61. The summed E-state index contributed by atoms with van der Waals surface area (Å²) in [5, 5.41) is 2.58. The summed E-state index contributed by atoms with van der Waals surface area (Å²) >= 11 is 0. The van der Waals surface area contributed by atoms with Crippen molar-refractivity contribution in [1.82, 2.24) is 4.90 Å². The molecule has 0 radical (unpaired) electrons. The lowest BCUT2D eigenvalue weighted by atomic mass is 10.1. The number of carbonyl (C=O) groups is 2. The van der Waals surface area contributed by atoms with Gasteiger partial charge in [-0.3, -0.25) is 9.69 Å². The number of benzene rings is 3. The zero-order valence-corrected chi connectivity index (χ0v) is 18.1. The fourth-order valence-electron chi connectivity index (χ4n) is 3.80. The number of hydrogen-bond acceptors (Lipinski definition) is 3. The molecule has 1 aliphatic heterocycles. The van der Waals surface area contributed by atoms with Crippen molar-refractivity contribution in [1.29, 1.82) is 0 Å². The van der Waals surface area contributed by atoms with Gasteiger partial charge in [-0.1, -0.05) is 18.2 Å². The van der Waals surface area contributed by atoms with Gasteiger partial charge in [0.05, 0.1) is 19.2 Å². The van der Waals surface area contributed by atoms with Gasteiger partial charge in [-0.25, -0.2) is 13.6 Å². The number of methoxy groups -OCH3 is 1. The first-order valence-corrected chi connectivity index (χ1v) is 10.5. The van der Waals surface area contributed by atoms with Crippen molar-refractivity contribution in [2.45, 2.75) is 13.0 Å². The number of nitrogens with zero attached hydrogens (tertiary/aromatic N) is 2. The van der Waals surface area contributed by atoms with Crippen LogP contribution in [0, 0.1) is 11.6 Å². The van der Waals surface area contributed by atoms with Crippen LogP contribution in [0.3, 0.4) is 0 Å². The highest BCUT2D eigenvalue weighted by Gasteiger charge is 2.27. The van der Waals surface area contributed by atoms with Crippen LogP contribution in [0.2, 0.25) is 0 Å². The number of carbonyl (C=O) groups excluding carboxylic acids is 2. The summed E-state index contributed by atoms with van der Waals surface area (Å²) < 4.78 is 32.3. The lowest BCUT2D eigenvalue weighted by Gasteiger charge is -2.36. The van der Waals surface area contributed by atoms with Gasteiger partial charge < -0.3 is 15.0 Å². The van der Waals surface area contributed by atoms with Crippen molar-refractivity contribution >= 4 is 23.3 Å². The molecule has 33 heavy (non-hydrogen) atoms. The van der Waals surface area contributed by atoms with E-state index in [0.29, 0.717) is 37.1 Å². The van der Waals surface area contributed by atoms with E-state index in [4.69, 9.17) is 4.74 Å². The van der Waals surface area contributed by atoms with Crippen LogP contribution in [0.4, 0.5) is 25.0 Å². The number of amides is 3. The molecule has 1 aliphatic rings. The third-order valence-corrected chi connectivity index (χ3v) is 5.48. The Morgan fingerprint density at radius 3 is 2.52 bits per heavy atom. The van der Waals surface area contributed by atoms with E-state index in [1.807, 2.05) is 24.3 Å². The number of anilines is 2. The molecule has 3 amide bonds. The molecular formula is C25H23F2N3O3. The molecule has 1 heterocycles. The van der Waals surface area contributed by atoms with Crippen molar-refractivity contribution in [2.24, 2.45) is 0 Å². The second-order valence-electron chi connectivity index (χ2n) is 7.65. The zero-order valence-electron chi connectivity index (χ0n) is 18.1. The van der Waals surface area contributed by atoms with Gasteiger partial charge in [-0.2, -0.15) is 0 Å². The molecule has 0 spiro atoms. The van der Waals surface area contributed by atoms with Crippen molar-refractivity contribution < 1.29 is 23.1 Å². The van der Waals surface area contributed by atoms with E-state index in [-0.39, 0.29) is 11.6 Å². The van der Waals surface area contributed by atoms with Crippen LogP contribution in [0.5, 0.6) is 5.75 Å². The van der Waals surface area contributed by atoms with Crippen LogP contribution in [0.15, 0.2) is 66.7 Å². The number of hydrogen-bond donors (Lipinski definition) is 1. The highest BCUT2D eigenvalue weighted by Crippen LogP contribution is 2.26. The van der Waals surface area contributed by atoms with Crippen LogP contribution in [0.1, 0.15) is 22.3 Å². The van der Waals surface area contributed by atoms with Gasteiger partial charge in [-0.15, -0.1) is 0 Å². The third kappa shape index (κ3) is 4.95. The van der Waals surface area contributed by atoms with Gasteiger partial charge >= 0.3 is 6.03 Å². The predicted octanol–water partition coefficient (Wildman–Crippen LogP) is 5.06. The first kappa shape index (κ1) is 22.3. The molecule has 0 atom stereocenters. The van der Waals surface area contributed by atoms with Gasteiger partial charge in [0, 0.05) is 36.1 Å². The Bertz CT molecular complexity index is 1170. The first-order chi connectivity index (χ1) is 16.0. The minimum absolute atomic E-state index is 0.114. The van der Waals surface area contributed by atoms with Gasteiger partial charge in [-0.05, 0) is 48.9 Å². The van der Waals surface area contributed by atoms with E-state index in [9.17, 15) is 18.4 Å². The molecule has 6 nitrogen and oxygen atoms in total. The highest BCUT2D eigenvalue weighted by atomic mass is 19.1. The van der Waals surface area contributed by atoms with Gasteiger partial charge in [0.1, 0.15) is 17.4 Å². The minimum Gasteiger partial charge on any atom is -0.496 e. The molecule has 0 aliphatic carbocycles. The lowest BCUT2D eigenvalue weighted by Crippen LogP contribution is -2.49. The minimum atomic E-state index is -0.932. The topological polar surface area (TPSA) is 61.9 Å². The zero-order chi connectivity index (χ0) is 23.4. The molecule has 3 aromatic carbocycles. The summed E-state index contributed by atoms with van der Waals surface area (Å²) in [5.74, 6) is -1.63. The van der Waals surface area contributed by atoms with Crippen LogP contribution in [-0.4, -0.2) is 37.0 Å². The molecule has 0 aromatic heterocycles. The van der Waals surface area contributed by atoms with E-state index in [2.05, 4.69) is 5.32 Å². The number of halogens is 2. The van der Waals surface area contributed by atoms with Crippen molar-refractivity contribution in [3.63, 3.8) is 0 Å².